The van der Waals surface area contributed by atoms with Gasteiger partial charge in [0.25, 0.3) is 11.8 Å². The third-order valence-electron chi connectivity index (χ3n) is 5.79. The van der Waals surface area contributed by atoms with E-state index < -0.39 is 0 Å². The van der Waals surface area contributed by atoms with E-state index in [2.05, 4.69) is 15.5 Å². The van der Waals surface area contributed by atoms with Gasteiger partial charge in [-0.1, -0.05) is 0 Å². The number of ether oxygens (including phenoxy) is 1. The minimum Gasteiger partial charge on any atom is -0.370 e. The summed E-state index contributed by atoms with van der Waals surface area (Å²) < 4.78 is 6.26. The monoisotopic (exact) mass is 398 g/mol. The quantitative estimate of drug-likeness (QED) is 0.856. The van der Waals surface area contributed by atoms with Crippen molar-refractivity contribution in [3.05, 3.63) is 45.4 Å². The summed E-state index contributed by atoms with van der Waals surface area (Å²) in [5.41, 5.74) is 1.14. The first kappa shape index (κ1) is 17.8. The van der Waals surface area contributed by atoms with Gasteiger partial charge in [-0.15, -0.1) is 16.4 Å². The largest absolute Gasteiger partial charge is 0.370 e. The molecule has 2 fully saturated rings. The Morgan fingerprint density at radius 3 is 2.82 bits per heavy atom. The molecule has 28 heavy (non-hydrogen) atoms. The van der Waals surface area contributed by atoms with Crippen LogP contribution in [0.4, 0.5) is 0 Å². The molecule has 1 saturated heterocycles. The van der Waals surface area contributed by atoms with E-state index in [0.717, 1.165) is 42.5 Å². The Hall–Kier alpha value is -2.32. The molecule has 0 unspecified atom stereocenters. The van der Waals surface area contributed by atoms with Crippen LogP contribution in [-0.2, 0) is 16.8 Å². The van der Waals surface area contributed by atoms with Gasteiger partial charge in [-0.05, 0) is 49.4 Å². The highest BCUT2D eigenvalue weighted by atomic mass is 32.1. The second-order valence-electron chi connectivity index (χ2n) is 7.69. The summed E-state index contributed by atoms with van der Waals surface area (Å²) in [5, 5.41) is 10.8. The van der Waals surface area contributed by atoms with Gasteiger partial charge < -0.3 is 15.0 Å². The number of amides is 2. The maximum absolute atomic E-state index is 12.7. The molecule has 8 heteroatoms. The highest BCUT2D eigenvalue weighted by molar-refractivity contribution is 7.14. The molecule has 5 rings (SSSR count). The van der Waals surface area contributed by atoms with Crippen LogP contribution >= 0.6 is 11.3 Å². The first-order valence-electron chi connectivity index (χ1n) is 9.80. The number of aromatic nitrogens is 2. The van der Waals surface area contributed by atoms with Gasteiger partial charge in [0.1, 0.15) is 0 Å². The molecule has 0 atom stereocenters. The van der Waals surface area contributed by atoms with Crippen LogP contribution < -0.4 is 5.32 Å². The summed E-state index contributed by atoms with van der Waals surface area (Å²) in [6.07, 6.45) is 6.03. The van der Waals surface area contributed by atoms with Gasteiger partial charge in [0.2, 0.25) is 0 Å². The number of piperidine rings is 1. The van der Waals surface area contributed by atoms with Crippen LogP contribution in [0.2, 0.25) is 0 Å². The molecule has 7 nitrogen and oxygen atoms in total. The van der Waals surface area contributed by atoms with Crippen molar-refractivity contribution in [3.63, 3.8) is 0 Å². The minimum absolute atomic E-state index is 0.0346. The fourth-order valence-corrected chi connectivity index (χ4v) is 5.21. The highest BCUT2D eigenvalue weighted by Gasteiger charge is 2.43. The lowest BCUT2D eigenvalue weighted by Gasteiger charge is -2.43. The van der Waals surface area contributed by atoms with Gasteiger partial charge >= 0.3 is 0 Å². The minimum atomic E-state index is -0.388. The number of rotatable bonds is 3. The van der Waals surface area contributed by atoms with Gasteiger partial charge in [-0.2, -0.15) is 5.10 Å². The van der Waals surface area contributed by atoms with E-state index in [9.17, 15) is 9.59 Å². The molecule has 2 aliphatic heterocycles. The molecule has 3 aliphatic rings. The molecule has 0 bridgehead atoms. The first-order chi connectivity index (χ1) is 13.6. The number of hydrogen-bond donors (Lipinski definition) is 1. The Kier molecular flexibility index (Phi) is 4.40. The number of carbonyl (C=O) groups is 2. The predicted octanol–water partition coefficient (Wildman–Crippen LogP) is 2.13. The van der Waals surface area contributed by atoms with Crippen LogP contribution in [0.5, 0.6) is 0 Å². The first-order valence-corrected chi connectivity index (χ1v) is 10.6. The van der Waals surface area contributed by atoms with E-state index in [4.69, 9.17) is 4.74 Å². The van der Waals surface area contributed by atoms with Crippen LogP contribution in [0, 0.1) is 0 Å². The van der Waals surface area contributed by atoms with Crippen LogP contribution in [0.3, 0.4) is 0 Å². The summed E-state index contributed by atoms with van der Waals surface area (Å²) in [6, 6.07) is 5.80. The summed E-state index contributed by atoms with van der Waals surface area (Å²) in [6.45, 7) is 1.87. The lowest BCUT2D eigenvalue weighted by Crippen LogP contribution is -2.48. The molecule has 1 N–H and O–H groups in total. The molecule has 4 heterocycles. The maximum Gasteiger partial charge on any atom is 0.274 e. The lowest BCUT2D eigenvalue weighted by atomic mass is 9.82. The van der Waals surface area contributed by atoms with Crippen molar-refractivity contribution < 1.29 is 14.3 Å². The topological polar surface area (TPSA) is 84.4 Å². The number of hydrogen-bond acceptors (Lipinski definition) is 6. The summed E-state index contributed by atoms with van der Waals surface area (Å²) in [5.74, 6) is -0.0545. The smallest absolute Gasteiger partial charge is 0.274 e. The van der Waals surface area contributed by atoms with Crippen molar-refractivity contribution in [1.82, 2.24) is 20.4 Å². The molecule has 1 saturated carbocycles. The lowest BCUT2D eigenvalue weighted by molar-refractivity contribution is -0.0927. The Labute approximate surface area is 167 Å². The van der Waals surface area contributed by atoms with Gasteiger partial charge in [0.15, 0.2) is 5.69 Å². The SMILES string of the molecule is O=C(NC1CC1)c1cc2c(s1)CCOC21CCN(C(=O)c2cccnn2)CC1. The van der Waals surface area contributed by atoms with Gasteiger partial charge in [-0.25, -0.2) is 0 Å². The molecular weight excluding hydrogens is 376 g/mol. The van der Waals surface area contributed by atoms with Gasteiger partial charge in [-0.3, -0.25) is 9.59 Å². The van der Waals surface area contributed by atoms with E-state index in [0.29, 0.717) is 31.4 Å². The van der Waals surface area contributed by atoms with Crippen molar-refractivity contribution in [2.45, 2.75) is 43.7 Å². The molecule has 146 valence electrons. The van der Waals surface area contributed by atoms with Crippen LogP contribution in [0.1, 0.15) is 56.3 Å². The standard InChI is InChI=1S/C20H22N4O3S/c25-18(22-13-3-4-13)17-12-14-16(28-17)5-11-27-20(14)6-9-24(10-7-20)19(26)15-2-1-8-21-23-15/h1-2,8,12-13H,3-7,9-11H2,(H,22,25). The van der Waals surface area contributed by atoms with Crippen LogP contribution in [0.15, 0.2) is 24.4 Å². The number of nitrogens with one attached hydrogen (secondary N) is 1. The average Bonchev–Trinajstić information content (AvgIpc) is 3.43. The zero-order chi connectivity index (χ0) is 19.1. The van der Waals surface area contributed by atoms with Crippen LogP contribution in [-0.4, -0.2) is 52.6 Å². The van der Waals surface area contributed by atoms with E-state index in [-0.39, 0.29) is 17.4 Å². The summed E-state index contributed by atoms with van der Waals surface area (Å²) in [4.78, 5) is 29.0. The molecule has 1 spiro atoms. The third-order valence-corrected chi connectivity index (χ3v) is 6.99. The number of fused-ring (bicyclic) bond motifs is 2. The number of nitrogens with zero attached hydrogens (tertiary/aromatic N) is 3. The second kappa shape index (κ2) is 6.93. The molecular formula is C20H22N4O3S. The average molecular weight is 398 g/mol. The Morgan fingerprint density at radius 2 is 2.11 bits per heavy atom. The third kappa shape index (κ3) is 3.20. The van der Waals surface area contributed by atoms with Crippen molar-refractivity contribution in [1.29, 1.82) is 0 Å². The Balaban J connectivity index is 1.33. The van der Waals surface area contributed by atoms with E-state index in [1.54, 1.807) is 29.7 Å². The normalized spacial score (nSPS) is 20.6. The molecule has 2 amide bonds. The zero-order valence-electron chi connectivity index (χ0n) is 15.5. The second-order valence-corrected chi connectivity index (χ2v) is 8.83. The van der Waals surface area contributed by atoms with Crippen molar-refractivity contribution in [3.8, 4) is 0 Å². The Morgan fingerprint density at radius 1 is 1.29 bits per heavy atom. The number of likely N-dealkylation sites (tertiary alicyclic amines) is 1. The maximum atomic E-state index is 12.7. The molecule has 0 radical (unpaired) electrons. The molecule has 0 aromatic carbocycles. The van der Waals surface area contributed by atoms with Crippen LogP contribution in [0.25, 0.3) is 0 Å². The fraction of sp³-hybridized carbons (Fsp3) is 0.500. The molecule has 1 aliphatic carbocycles. The van der Waals surface area contributed by atoms with Crippen molar-refractivity contribution in [2.24, 2.45) is 0 Å². The molecule has 2 aromatic rings. The zero-order valence-corrected chi connectivity index (χ0v) is 16.3. The number of carbonyl (C=O) groups excluding carboxylic acids is 2. The van der Waals surface area contributed by atoms with Crippen molar-refractivity contribution >= 4 is 23.2 Å². The number of thiophene rings is 1. The summed E-state index contributed by atoms with van der Waals surface area (Å²) in [7, 11) is 0. The van der Waals surface area contributed by atoms with E-state index in [1.165, 1.54) is 4.88 Å². The van der Waals surface area contributed by atoms with Gasteiger partial charge in [0.05, 0.1) is 17.1 Å². The van der Waals surface area contributed by atoms with E-state index in [1.807, 2.05) is 11.0 Å². The molecule has 2 aromatic heterocycles. The fourth-order valence-electron chi connectivity index (χ4n) is 4.08. The van der Waals surface area contributed by atoms with E-state index >= 15 is 0 Å². The van der Waals surface area contributed by atoms with Crippen molar-refractivity contribution in [2.75, 3.05) is 19.7 Å². The highest BCUT2D eigenvalue weighted by Crippen LogP contribution is 2.44. The summed E-state index contributed by atoms with van der Waals surface area (Å²) >= 11 is 1.59. The Bertz CT molecular complexity index is 901. The predicted molar refractivity (Wildman–Crippen MR) is 103 cm³/mol. The van der Waals surface area contributed by atoms with Gasteiger partial charge in [0, 0.05) is 36.6 Å².